The first-order chi connectivity index (χ1) is 15.9. The number of halogens is 2. The average molecular weight is 530 g/mol. The summed E-state index contributed by atoms with van der Waals surface area (Å²) in [7, 11) is 0. The van der Waals surface area contributed by atoms with Gasteiger partial charge in [0.25, 0.3) is 0 Å². The Bertz CT molecular complexity index is 1150. The van der Waals surface area contributed by atoms with Crippen LogP contribution in [-0.4, -0.2) is 18.7 Å². The highest BCUT2D eigenvalue weighted by molar-refractivity contribution is 9.10. The van der Waals surface area contributed by atoms with E-state index in [0.29, 0.717) is 29.7 Å². The van der Waals surface area contributed by atoms with Crippen LogP contribution in [0.3, 0.4) is 0 Å². The van der Waals surface area contributed by atoms with Crippen molar-refractivity contribution in [3.05, 3.63) is 91.9 Å². The van der Waals surface area contributed by atoms with Gasteiger partial charge in [0.2, 0.25) is 5.91 Å². The van der Waals surface area contributed by atoms with Gasteiger partial charge in [-0.3, -0.25) is 4.79 Å². The molecule has 0 saturated carbocycles. The number of hydrogen-bond donors (Lipinski definition) is 1. The Morgan fingerprint density at radius 2 is 1.85 bits per heavy atom. The first-order valence-electron chi connectivity index (χ1n) is 10.6. The van der Waals surface area contributed by atoms with Crippen LogP contribution in [0.1, 0.15) is 34.7 Å². The molecule has 0 atom stereocenters. The van der Waals surface area contributed by atoms with E-state index < -0.39 is 0 Å². The Morgan fingerprint density at radius 1 is 1.09 bits per heavy atom. The molecule has 0 heterocycles. The maximum atomic E-state index is 12.3. The minimum absolute atomic E-state index is 0.174. The van der Waals surface area contributed by atoms with Crippen molar-refractivity contribution < 1.29 is 14.3 Å². The lowest BCUT2D eigenvalue weighted by Crippen LogP contribution is -2.20. The molecule has 0 aliphatic rings. The average Bonchev–Trinajstić information content (AvgIpc) is 2.77. The van der Waals surface area contributed by atoms with Gasteiger partial charge >= 0.3 is 0 Å². The van der Waals surface area contributed by atoms with Crippen molar-refractivity contribution in [2.75, 3.05) is 6.61 Å². The highest BCUT2D eigenvalue weighted by Gasteiger charge is 2.12. The number of rotatable bonds is 9. The highest BCUT2D eigenvalue weighted by atomic mass is 79.9. The van der Waals surface area contributed by atoms with Gasteiger partial charge < -0.3 is 9.47 Å². The summed E-state index contributed by atoms with van der Waals surface area (Å²) in [5.41, 5.74) is 7.55. The zero-order valence-corrected chi connectivity index (χ0v) is 21.2. The molecule has 0 fully saturated rings. The second-order valence-electron chi connectivity index (χ2n) is 7.58. The molecule has 5 nitrogen and oxygen atoms in total. The van der Waals surface area contributed by atoms with Gasteiger partial charge in [0.05, 0.1) is 23.7 Å². The van der Waals surface area contributed by atoms with Crippen molar-refractivity contribution in [1.82, 2.24) is 5.43 Å². The van der Waals surface area contributed by atoms with Crippen molar-refractivity contribution in [2.45, 2.75) is 33.8 Å². The van der Waals surface area contributed by atoms with Crippen LogP contribution in [0.2, 0.25) is 5.02 Å². The molecule has 0 bridgehead atoms. The van der Waals surface area contributed by atoms with Gasteiger partial charge in [-0.15, -0.1) is 0 Å². The number of benzene rings is 3. The van der Waals surface area contributed by atoms with Crippen LogP contribution in [0.4, 0.5) is 0 Å². The van der Waals surface area contributed by atoms with E-state index in [1.807, 2.05) is 75.4 Å². The number of aryl methyl sites for hydroxylation is 2. The van der Waals surface area contributed by atoms with Crippen molar-refractivity contribution in [3.8, 4) is 11.5 Å². The Hall–Kier alpha value is -2.83. The number of nitrogens with zero attached hydrogens (tertiary/aromatic N) is 1. The third-order valence-electron chi connectivity index (χ3n) is 4.89. The molecule has 0 spiro atoms. The largest absolute Gasteiger partial charge is 0.490 e. The number of hydrazone groups is 1. The molecule has 0 aliphatic heterocycles. The fraction of sp³-hybridized carbons (Fsp3) is 0.231. The Morgan fingerprint density at radius 3 is 2.58 bits per heavy atom. The maximum Gasteiger partial charge on any atom is 0.244 e. The molecule has 33 heavy (non-hydrogen) atoms. The summed E-state index contributed by atoms with van der Waals surface area (Å²) in [5.74, 6) is 1.01. The third-order valence-corrected chi connectivity index (χ3v) is 5.73. The van der Waals surface area contributed by atoms with Crippen LogP contribution >= 0.6 is 27.5 Å². The van der Waals surface area contributed by atoms with Gasteiger partial charge in [0.1, 0.15) is 6.61 Å². The predicted octanol–water partition coefficient (Wildman–Crippen LogP) is 6.39. The minimum atomic E-state index is -0.174. The molecule has 3 aromatic rings. The van der Waals surface area contributed by atoms with Crippen LogP contribution in [0.25, 0.3) is 0 Å². The lowest BCUT2D eigenvalue weighted by atomic mass is 10.0. The molecule has 172 valence electrons. The highest BCUT2D eigenvalue weighted by Crippen LogP contribution is 2.37. The lowest BCUT2D eigenvalue weighted by molar-refractivity contribution is -0.120. The third kappa shape index (κ3) is 7.34. The smallest absolute Gasteiger partial charge is 0.244 e. The topological polar surface area (TPSA) is 59.9 Å². The Balaban J connectivity index is 1.67. The molecule has 1 N–H and O–H groups in total. The molecular weight excluding hydrogens is 504 g/mol. The summed E-state index contributed by atoms with van der Waals surface area (Å²) >= 11 is 9.50. The van der Waals surface area contributed by atoms with Gasteiger partial charge in [0.15, 0.2) is 11.5 Å². The van der Waals surface area contributed by atoms with Crippen LogP contribution < -0.4 is 14.9 Å². The molecule has 3 rings (SSSR count). The lowest BCUT2D eigenvalue weighted by Gasteiger charge is -2.14. The second-order valence-corrected chi connectivity index (χ2v) is 8.87. The summed E-state index contributed by atoms with van der Waals surface area (Å²) < 4.78 is 12.5. The van der Waals surface area contributed by atoms with E-state index in [1.54, 1.807) is 6.21 Å². The standard InChI is InChI=1S/C26H26BrClN2O3/c1-4-32-24-13-20(12-23(27)26(24)33-16-19-7-9-22(28)10-8-19)15-29-30-25(31)14-21-11-17(2)5-6-18(21)3/h5-13,15H,4,14,16H2,1-3H3,(H,30,31)/b29-15+. The fourth-order valence-electron chi connectivity index (χ4n) is 3.18. The number of hydrogen-bond acceptors (Lipinski definition) is 4. The van der Waals surface area contributed by atoms with Crippen molar-refractivity contribution in [1.29, 1.82) is 0 Å². The SMILES string of the molecule is CCOc1cc(/C=N/NC(=O)Cc2cc(C)ccc2C)cc(Br)c1OCc1ccc(Cl)cc1. The summed E-state index contributed by atoms with van der Waals surface area (Å²) in [6, 6.07) is 17.2. The van der Waals surface area contributed by atoms with E-state index in [9.17, 15) is 4.79 Å². The molecule has 0 aromatic heterocycles. The van der Waals surface area contributed by atoms with E-state index in [2.05, 4.69) is 26.5 Å². The number of amides is 1. The second kappa shape index (κ2) is 11.9. The van der Waals surface area contributed by atoms with E-state index in [1.165, 1.54) is 0 Å². The molecule has 0 unspecified atom stereocenters. The zero-order valence-electron chi connectivity index (χ0n) is 18.8. The number of ether oxygens (including phenoxy) is 2. The van der Waals surface area contributed by atoms with Gasteiger partial charge in [-0.1, -0.05) is 47.5 Å². The first-order valence-corrected chi connectivity index (χ1v) is 11.7. The predicted molar refractivity (Wildman–Crippen MR) is 136 cm³/mol. The van der Waals surface area contributed by atoms with Crippen LogP contribution in [0.5, 0.6) is 11.5 Å². The summed E-state index contributed by atoms with van der Waals surface area (Å²) in [6.07, 6.45) is 1.85. The Kier molecular flexibility index (Phi) is 8.92. The summed E-state index contributed by atoms with van der Waals surface area (Å²) in [5, 5.41) is 4.79. The van der Waals surface area contributed by atoms with Gasteiger partial charge in [-0.05, 0) is 83.2 Å². The quantitative estimate of drug-likeness (QED) is 0.258. The van der Waals surface area contributed by atoms with Gasteiger partial charge in [0, 0.05) is 5.02 Å². The molecule has 0 radical (unpaired) electrons. The minimum Gasteiger partial charge on any atom is -0.490 e. The molecule has 0 aliphatic carbocycles. The molecule has 7 heteroatoms. The maximum absolute atomic E-state index is 12.3. The molecular formula is C26H26BrClN2O3. The number of carbonyl (C=O) groups is 1. The van der Waals surface area contributed by atoms with Crippen LogP contribution in [0, 0.1) is 13.8 Å². The fourth-order valence-corrected chi connectivity index (χ4v) is 3.88. The monoisotopic (exact) mass is 528 g/mol. The Labute approximate surface area is 207 Å². The number of carbonyl (C=O) groups excluding carboxylic acids is 1. The summed E-state index contributed by atoms with van der Waals surface area (Å²) in [6.45, 7) is 6.77. The van der Waals surface area contributed by atoms with Gasteiger partial charge in [-0.25, -0.2) is 5.43 Å². The first kappa shape index (κ1) is 24.8. The molecule has 0 saturated heterocycles. The number of nitrogens with one attached hydrogen (secondary N) is 1. The van der Waals surface area contributed by atoms with Crippen LogP contribution in [-0.2, 0) is 17.8 Å². The van der Waals surface area contributed by atoms with E-state index in [0.717, 1.165) is 32.3 Å². The summed E-state index contributed by atoms with van der Waals surface area (Å²) in [4.78, 5) is 12.3. The van der Waals surface area contributed by atoms with Crippen molar-refractivity contribution in [3.63, 3.8) is 0 Å². The molecule has 3 aromatic carbocycles. The van der Waals surface area contributed by atoms with Gasteiger partial charge in [-0.2, -0.15) is 5.10 Å². The normalized spacial score (nSPS) is 10.9. The van der Waals surface area contributed by atoms with Crippen molar-refractivity contribution >= 4 is 39.7 Å². The van der Waals surface area contributed by atoms with Crippen molar-refractivity contribution in [2.24, 2.45) is 5.10 Å². The van der Waals surface area contributed by atoms with E-state index >= 15 is 0 Å². The zero-order chi connectivity index (χ0) is 23.8. The van der Waals surface area contributed by atoms with E-state index in [-0.39, 0.29) is 12.3 Å². The van der Waals surface area contributed by atoms with E-state index in [4.69, 9.17) is 21.1 Å². The molecule has 1 amide bonds. The van der Waals surface area contributed by atoms with Crippen LogP contribution in [0.15, 0.2) is 64.2 Å².